The van der Waals surface area contributed by atoms with Crippen molar-refractivity contribution < 1.29 is 19.1 Å². The van der Waals surface area contributed by atoms with Crippen LogP contribution in [0.1, 0.15) is 46.5 Å². The lowest BCUT2D eigenvalue weighted by Crippen LogP contribution is -2.40. The minimum absolute atomic E-state index is 0.0478. The fourth-order valence-electron chi connectivity index (χ4n) is 2.82. The van der Waals surface area contributed by atoms with E-state index in [2.05, 4.69) is 20.8 Å². The lowest BCUT2D eigenvalue weighted by atomic mass is 9.81. The van der Waals surface area contributed by atoms with Crippen LogP contribution in [0.5, 0.6) is 0 Å². The molecule has 0 N–H and O–H groups in total. The standard InChI is InChI=1S/C16H27NO4/c1-16(2,3)14-10-12(6-9-20-14)15(19)21-11-17-7-4-13(18)5-8-17/h12,14H,4-11H2,1-3H3. The van der Waals surface area contributed by atoms with E-state index in [1.54, 1.807) is 0 Å². The van der Waals surface area contributed by atoms with Gasteiger partial charge in [0, 0.05) is 32.5 Å². The number of likely N-dealkylation sites (tertiary alicyclic amines) is 1. The van der Waals surface area contributed by atoms with Crippen molar-refractivity contribution in [3.63, 3.8) is 0 Å². The molecule has 2 rings (SSSR count). The maximum Gasteiger partial charge on any atom is 0.310 e. The molecular formula is C16H27NO4. The van der Waals surface area contributed by atoms with Crippen molar-refractivity contribution >= 4 is 11.8 Å². The molecule has 2 heterocycles. The highest BCUT2D eigenvalue weighted by Crippen LogP contribution is 2.32. The third-order valence-corrected chi connectivity index (χ3v) is 4.39. The summed E-state index contributed by atoms with van der Waals surface area (Å²) in [6.07, 6.45) is 2.73. The van der Waals surface area contributed by atoms with Crippen LogP contribution in [0, 0.1) is 11.3 Å². The van der Waals surface area contributed by atoms with Crippen LogP contribution >= 0.6 is 0 Å². The van der Waals surface area contributed by atoms with Crippen LogP contribution in [0.25, 0.3) is 0 Å². The van der Waals surface area contributed by atoms with Gasteiger partial charge in [-0.05, 0) is 18.3 Å². The first-order valence-electron chi connectivity index (χ1n) is 7.88. The molecule has 5 heteroatoms. The summed E-state index contributed by atoms with van der Waals surface area (Å²) in [5.74, 6) is 0.119. The summed E-state index contributed by atoms with van der Waals surface area (Å²) in [6.45, 7) is 8.74. The quantitative estimate of drug-likeness (QED) is 0.746. The average Bonchev–Trinajstić information content (AvgIpc) is 2.45. The monoisotopic (exact) mass is 297 g/mol. The number of esters is 1. The summed E-state index contributed by atoms with van der Waals surface area (Å²) in [7, 11) is 0. The minimum Gasteiger partial charge on any atom is -0.449 e. The van der Waals surface area contributed by atoms with Crippen LogP contribution in [-0.2, 0) is 19.1 Å². The summed E-state index contributed by atoms with van der Waals surface area (Å²) < 4.78 is 11.2. The smallest absolute Gasteiger partial charge is 0.310 e. The van der Waals surface area contributed by atoms with Gasteiger partial charge in [0.15, 0.2) is 0 Å². The summed E-state index contributed by atoms with van der Waals surface area (Å²) >= 11 is 0. The number of ether oxygens (including phenoxy) is 2. The van der Waals surface area contributed by atoms with E-state index in [-0.39, 0.29) is 23.4 Å². The van der Waals surface area contributed by atoms with Gasteiger partial charge < -0.3 is 9.47 Å². The number of piperidine rings is 1. The Bertz CT molecular complexity index is 378. The van der Waals surface area contributed by atoms with Gasteiger partial charge in [0.1, 0.15) is 12.5 Å². The molecule has 21 heavy (non-hydrogen) atoms. The first-order valence-corrected chi connectivity index (χ1v) is 7.88. The molecule has 0 radical (unpaired) electrons. The van der Waals surface area contributed by atoms with E-state index in [1.165, 1.54) is 0 Å². The molecule has 120 valence electrons. The molecule has 0 bridgehead atoms. The van der Waals surface area contributed by atoms with E-state index in [1.807, 2.05) is 4.90 Å². The molecule has 0 spiro atoms. The molecule has 0 aromatic rings. The number of carbonyl (C=O) groups is 2. The first kappa shape index (κ1) is 16.4. The van der Waals surface area contributed by atoms with Gasteiger partial charge in [-0.25, -0.2) is 0 Å². The Kier molecular flexibility index (Phi) is 5.38. The number of Topliss-reactive ketones (excluding diaryl/α,β-unsaturated/α-hetero) is 1. The van der Waals surface area contributed by atoms with Gasteiger partial charge >= 0.3 is 5.97 Å². The Balaban J connectivity index is 1.76. The molecule has 0 aromatic carbocycles. The van der Waals surface area contributed by atoms with Crippen molar-refractivity contribution in [2.45, 2.75) is 52.6 Å². The predicted octanol–water partition coefficient (Wildman–Crippen LogP) is 1.99. The molecule has 2 saturated heterocycles. The second-order valence-electron chi connectivity index (χ2n) is 7.20. The zero-order chi connectivity index (χ0) is 15.5. The Morgan fingerprint density at radius 3 is 2.62 bits per heavy atom. The van der Waals surface area contributed by atoms with Crippen LogP contribution in [0.4, 0.5) is 0 Å². The fourth-order valence-corrected chi connectivity index (χ4v) is 2.82. The van der Waals surface area contributed by atoms with E-state index in [9.17, 15) is 9.59 Å². The summed E-state index contributed by atoms with van der Waals surface area (Å²) in [6, 6.07) is 0. The van der Waals surface area contributed by atoms with Gasteiger partial charge in [-0.2, -0.15) is 0 Å². The number of ketones is 1. The lowest BCUT2D eigenvalue weighted by Gasteiger charge is -2.37. The van der Waals surface area contributed by atoms with Gasteiger partial charge in [-0.15, -0.1) is 0 Å². The molecule has 2 atom stereocenters. The number of carbonyl (C=O) groups excluding carboxylic acids is 2. The lowest BCUT2D eigenvalue weighted by molar-refractivity contribution is -0.161. The second-order valence-corrected chi connectivity index (χ2v) is 7.20. The second kappa shape index (κ2) is 6.88. The molecule has 2 aliphatic heterocycles. The average molecular weight is 297 g/mol. The van der Waals surface area contributed by atoms with Gasteiger partial charge in [0.25, 0.3) is 0 Å². The van der Waals surface area contributed by atoms with E-state index in [0.29, 0.717) is 45.1 Å². The van der Waals surface area contributed by atoms with Gasteiger partial charge in [-0.3, -0.25) is 14.5 Å². The predicted molar refractivity (Wildman–Crippen MR) is 78.7 cm³/mol. The number of hydrogen-bond donors (Lipinski definition) is 0. The summed E-state index contributed by atoms with van der Waals surface area (Å²) in [5, 5.41) is 0. The van der Waals surface area contributed by atoms with Gasteiger partial charge in [-0.1, -0.05) is 20.8 Å². The van der Waals surface area contributed by atoms with Crippen LogP contribution in [0.3, 0.4) is 0 Å². The zero-order valence-corrected chi connectivity index (χ0v) is 13.4. The highest BCUT2D eigenvalue weighted by atomic mass is 16.5. The molecule has 5 nitrogen and oxygen atoms in total. The Morgan fingerprint density at radius 1 is 1.33 bits per heavy atom. The van der Waals surface area contributed by atoms with Crippen molar-refractivity contribution in [1.82, 2.24) is 4.90 Å². The normalized spacial score (nSPS) is 28.4. The molecule has 0 saturated carbocycles. The maximum absolute atomic E-state index is 12.2. The number of nitrogens with zero attached hydrogens (tertiary/aromatic N) is 1. The van der Waals surface area contributed by atoms with E-state index >= 15 is 0 Å². The maximum atomic E-state index is 12.2. The minimum atomic E-state index is -0.121. The van der Waals surface area contributed by atoms with Crippen molar-refractivity contribution in [2.75, 3.05) is 26.4 Å². The van der Waals surface area contributed by atoms with Crippen LogP contribution in [0.2, 0.25) is 0 Å². The molecule has 2 unspecified atom stereocenters. The Hall–Kier alpha value is -0.940. The van der Waals surface area contributed by atoms with Gasteiger partial charge in [0.05, 0.1) is 12.0 Å². The van der Waals surface area contributed by atoms with Crippen molar-refractivity contribution in [3.05, 3.63) is 0 Å². The van der Waals surface area contributed by atoms with E-state index < -0.39 is 0 Å². The Labute approximate surface area is 127 Å². The fraction of sp³-hybridized carbons (Fsp3) is 0.875. The molecule has 0 aliphatic carbocycles. The molecular weight excluding hydrogens is 270 g/mol. The number of rotatable bonds is 3. The van der Waals surface area contributed by atoms with Crippen LogP contribution < -0.4 is 0 Å². The topological polar surface area (TPSA) is 55.8 Å². The van der Waals surface area contributed by atoms with Crippen molar-refractivity contribution in [2.24, 2.45) is 11.3 Å². The molecule has 0 aromatic heterocycles. The van der Waals surface area contributed by atoms with Gasteiger partial charge in [0.2, 0.25) is 0 Å². The third kappa shape index (κ3) is 4.78. The van der Waals surface area contributed by atoms with E-state index in [4.69, 9.17) is 9.47 Å². The highest BCUT2D eigenvalue weighted by molar-refractivity contribution is 5.79. The summed E-state index contributed by atoms with van der Waals surface area (Å²) in [5.41, 5.74) is 0.0478. The molecule has 2 fully saturated rings. The summed E-state index contributed by atoms with van der Waals surface area (Å²) in [4.78, 5) is 25.4. The molecule has 2 aliphatic rings. The number of hydrogen-bond acceptors (Lipinski definition) is 5. The van der Waals surface area contributed by atoms with E-state index in [0.717, 1.165) is 12.8 Å². The van der Waals surface area contributed by atoms with Crippen LogP contribution in [-0.4, -0.2) is 49.2 Å². The van der Waals surface area contributed by atoms with Crippen molar-refractivity contribution in [1.29, 1.82) is 0 Å². The molecule has 0 amide bonds. The van der Waals surface area contributed by atoms with Crippen LogP contribution in [0.15, 0.2) is 0 Å². The zero-order valence-electron chi connectivity index (χ0n) is 13.4. The first-order chi connectivity index (χ1) is 9.86. The largest absolute Gasteiger partial charge is 0.449 e. The van der Waals surface area contributed by atoms with Crippen molar-refractivity contribution in [3.8, 4) is 0 Å². The third-order valence-electron chi connectivity index (χ3n) is 4.39. The SMILES string of the molecule is CC(C)(C)C1CC(C(=O)OCN2CCC(=O)CC2)CCO1. The highest BCUT2D eigenvalue weighted by Gasteiger charge is 2.35. The Morgan fingerprint density at radius 2 is 2.00 bits per heavy atom.